The molecule has 0 amide bonds. The van der Waals surface area contributed by atoms with Gasteiger partial charge in [-0.05, 0) is 27.6 Å². The van der Waals surface area contributed by atoms with E-state index in [9.17, 15) is 22.0 Å². The first-order valence-electron chi connectivity index (χ1n) is 6.55. The van der Waals surface area contributed by atoms with Crippen molar-refractivity contribution in [2.45, 2.75) is 64.0 Å². The van der Waals surface area contributed by atoms with E-state index in [0.717, 1.165) is 19.3 Å². The molecule has 0 radical (unpaired) electrons. The normalized spacial score (nSPS) is 11.7. The Morgan fingerprint density at radius 3 is 1.55 bits per heavy atom. The van der Waals surface area contributed by atoms with Gasteiger partial charge >= 0.3 is 6.18 Å². The first kappa shape index (κ1) is 24.9. The molecule has 0 spiro atoms. The summed E-state index contributed by atoms with van der Waals surface area (Å²) >= 11 is 0. The molecule has 0 fully saturated rings. The highest BCUT2D eigenvalue weighted by Gasteiger charge is 2.42. The molecule has 0 rings (SSSR count). The van der Waals surface area contributed by atoms with Crippen molar-refractivity contribution in [2.24, 2.45) is 0 Å². The summed E-state index contributed by atoms with van der Waals surface area (Å²) in [6.45, 7) is 1.98. The minimum absolute atomic E-state index is 0. The minimum atomic E-state index is -4.77. The van der Waals surface area contributed by atoms with E-state index >= 15 is 0 Å². The molecular formula is C13H27ClF5N. The molecule has 0 aromatic carbocycles. The predicted molar refractivity (Wildman–Crippen MR) is 75.9 cm³/mol. The topological polar surface area (TPSA) is 3.24 Å². The highest BCUT2D eigenvalue weighted by Crippen LogP contribution is 2.35. The molecule has 0 aliphatic heterocycles. The molecule has 0 bridgehead atoms. The van der Waals surface area contributed by atoms with Crippen LogP contribution in [0.5, 0.6) is 0 Å². The number of rotatable bonds is 7. The second-order valence-corrected chi connectivity index (χ2v) is 5.15. The van der Waals surface area contributed by atoms with Crippen LogP contribution in [-0.2, 0) is 0 Å². The monoisotopic (exact) mass is 327 g/mol. The van der Waals surface area contributed by atoms with Crippen LogP contribution in [0.25, 0.3) is 0 Å². The molecule has 0 saturated heterocycles. The van der Waals surface area contributed by atoms with E-state index in [4.69, 9.17) is 0 Å². The van der Waals surface area contributed by atoms with Gasteiger partial charge in [0.15, 0.2) is 0 Å². The lowest BCUT2D eigenvalue weighted by atomic mass is 10.1. The average Bonchev–Trinajstić information content (AvgIpc) is 2.12. The summed E-state index contributed by atoms with van der Waals surface area (Å²) in [7, 11) is 6.00. The van der Waals surface area contributed by atoms with Crippen LogP contribution in [0.2, 0.25) is 0 Å². The molecule has 7 heteroatoms. The number of unbranched alkanes of at least 4 members (excludes halogenated alkanes) is 4. The lowest BCUT2D eigenvalue weighted by Gasteiger charge is -2.17. The lowest BCUT2D eigenvalue weighted by Crippen LogP contribution is -2.25. The maximum atomic E-state index is 12.7. The summed E-state index contributed by atoms with van der Waals surface area (Å²) in [5.41, 5.74) is 0. The van der Waals surface area contributed by atoms with E-state index < -0.39 is 24.9 Å². The third-order valence-corrected chi connectivity index (χ3v) is 2.11. The summed E-state index contributed by atoms with van der Waals surface area (Å²) in [5.74, 6) is -3.59. The van der Waals surface area contributed by atoms with E-state index in [1.807, 2.05) is 33.0 Å². The number of alkyl halides is 5. The molecule has 0 aromatic rings. The number of halogens is 6. The molecule has 0 aromatic heterocycles. The third-order valence-electron chi connectivity index (χ3n) is 2.11. The summed E-state index contributed by atoms with van der Waals surface area (Å²) in [4.78, 5) is 2.00. The van der Waals surface area contributed by atoms with Crippen molar-refractivity contribution >= 4 is 12.4 Å². The Balaban J connectivity index is -0.000000508. The van der Waals surface area contributed by atoms with Gasteiger partial charge in [-0.25, -0.2) is 8.78 Å². The SMILES string of the molecule is CCCCCCCC(F)(F)CC(F)(F)F.CN(C)C.Cl. The summed E-state index contributed by atoms with van der Waals surface area (Å²) < 4.78 is 60.5. The van der Waals surface area contributed by atoms with Gasteiger partial charge in [-0.15, -0.1) is 12.4 Å². The van der Waals surface area contributed by atoms with Gasteiger partial charge in [0.25, 0.3) is 5.92 Å². The Labute approximate surface area is 125 Å². The van der Waals surface area contributed by atoms with Crippen LogP contribution in [0.1, 0.15) is 51.9 Å². The fraction of sp³-hybridized carbons (Fsp3) is 1.00. The molecule has 0 N–H and O–H groups in total. The molecule has 0 aliphatic carbocycles. The molecular weight excluding hydrogens is 301 g/mol. The molecule has 1 nitrogen and oxygen atoms in total. The second kappa shape index (κ2) is 12.6. The van der Waals surface area contributed by atoms with Crippen molar-refractivity contribution in [3.63, 3.8) is 0 Å². The predicted octanol–water partition coefficient (Wildman–Crippen LogP) is 5.53. The van der Waals surface area contributed by atoms with Crippen molar-refractivity contribution in [2.75, 3.05) is 21.1 Å². The zero-order chi connectivity index (χ0) is 15.5. The first-order valence-corrected chi connectivity index (χ1v) is 6.55. The molecule has 0 saturated carbocycles. The quantitative estimate of drug-likeness (QED) is 0.438. The summed E-state index contributed by atoms with van der Waals surface area (Å²) in [6, 6.07) is 0. The Bertz CT molecular complexity index is 205. The van der Waals surface area contributed by atoms with Crippen LogP contribution in [-0.4, -0.2) is 38.1 Å². The van der Waals surface area contributed by atoms with E-state index in [2.05, 4.69) is 0 Å². The van der Waals surface area contributed by atoms with Gasteiger partial charge in [-0.2, -0.15) is 13.2 Å². The van der Waals surface area contributed by atoms with E-state index in [1.54, 1.807) is 0 Å². The van der Waals surface area contributed by atoms with Crippen LogP contribution in [0.15, 0.2) is 0 Å². The Morgan fingerprint density at radius 2 is 1.20 bits per heavy atom. The van der Waals surface area contributed by atoms with Crippen LogP contribution in [0, 0.1) is 0 Å². The zero-order valence-electron chi connectivity index (χ0n) is 12.7. The highest BCUT2D eigenvalue weighted by molar-refractivity contribution is 5.85. The molecule has 0 unspecified atom stereocenters. The largest absolute Gasteiger partial charge is 0.394 e. The van der Waals surface area contributed by atoms with Crippen LogP contribution >= 0.6 is 12.4 Å². The maximum absolute atomic E-state index is 12.7. The molecule has 20 heavy (non-hydrogen) atoms. The van der Waals surface area contributed by atoms with Crippen molar-refractivity contribution in [3.8, 4) is 0 Å². The highest BCUT2D eigenvalue weighted by atomic mass is 35.5. The van der Waals surface area contributed by atoms with E-state index in [-0.39, 0.29) is 18.8 Å². The number of hydrogen-bond donors (Lipinski definition) is 0. The Hall–Kier alpha value is -0.100. The lowest BCUT2D eigenvalue weighted by molar-refractivity contribution is -0.189. The minimum Gasteiger partial charge on any atom is -0.312 e. The van der Waals surface area contributed by atoms with Gasteiger partial charge < -0.3 is 4.90 Å². The van der Waals surface area contributed by atoms with Crippen LogP contribution in [0.3, 0.4) is 0 Å². The Kier molecular flexibility index (Phi) is 15.7. The van der Waals surface area contributed by atoms with Crippen LogP contribution in [0.4, 0.5) is 22.0 Å². The van der Waals surface area contributed by atoms with Gasteiger partial charge in [-0.3, -0.25) is 0 Å². The second-order valence-electron chi connectivity index (χ2n) is 5.15. The molecule has 126 valence electrons. The van der Waals surface area contributed by atoms with Crippen molar-refractivity contribution in [1.82, 2.24) is 4.90 Å². The van der Waals surface area contributed by atoms with E-state index in [1.165, 1.54) is 0 Å². The van der Waals surface area contributed by atoms with Gasteiger partial charge in [-0.1, -0.05) is 32.6 Å². The van der Waals surface area contributed by atoms with Gasteiger partial charge in [0.1, 0.15) is 6.42 Å². The van der Waals surface area contributed by atoms with E-state index in [0.29, 0.717) is 6.42 Å². The van der Waals surface area contributed by atoms with Crippen LogP contribution < -0.4 is 0 Å². The number of nitrogens with zero attached hydrogens (tertiary/aromatic N) is 1. The summed E-state index contributed by atoms with van der Waals surface area (Å²) in [6.07, 6.45) is -3.91. The summed E-state index contributed by atoms with van der Waals surface area (Å²) in [5, 5.41) is 0. The molecule has 0 heterocycles. The molecule has 0 atom stereocenters. The fourth-order valence-corrected chi connectivity index (χ4v) is 1.37. The average molecular weight is 328 g/mol. The third kappa shape index (κ3) is 26.5. The standard InChI is InChI=1S/C10H17F5.C3H9N.ClH/c1-2-3-4-5-6-7-9(11,12)8-10(13,14)15;1-4(2)3;/h2-8H2,1H3;1-3H3;1H. The van der Waals surface area contributed by atoms with Crippen molar-refractivity contribution in [1.29, 1.82) is 0 Å². The Morgan fingerprint density at radius 1 is 0.800 bits per heavy atom. The first-order chi connectivity index (χ1) is 8.50. The van der Waals surface area contributed by atoms with Gasteiger partial charge in [0.2, 0.25) is 0 Å². The molecule has 0 aliphatic rings. The maximum Gasteiger partial charge on any atom is 0.394 e. The zero-order valence-corrected chi connectivity index (χ0v) is 13.5. The van der Waals surface area contributed by atoms with Crippen molar-refractivity contribution in [3.05, 3.63) is 0 Å². The number of hydrogen-bond acceptors (Lipinski definition) is 1. The fourth-order valence-electron chi connectivity index (χ4n) is 1.37. The smallest absolute Gasteiger partial charge is 0.312 e. The van der Waals surface area contributed by atoms with Gasteiger partial charge in [0, 0.05) is 6.42 Å². The van der Waals surface area contributed by atoms with Gasteiger partial charge in [0.05, 0.1) is 0 Å². The van der Waals surface area contributed by atoms with Crippen molar-refractivity contribution < 1.29 is 22.0 Å².